The van der Waals surface area contributed by atoms with E-state index in [2.05, 4.69) is 20.8 Å². The molecule has 1 atom stereocenters. The molecular formula is C11H16N4OS. The monoisotopic (exact) mass is 252 g/mol. The molecule has 0 spiro atoms. The minimum absolute atomic E-state index is 0.142. The van der Waals surface area contributed by atoms with E-state index in [0.29, 0.717) is 17.4 Å². The summed E-state index contributed by atoms with van der Waals surface area (Å²) in [5.74, 6) is 3.47. The fourth-order valence-corrected chi connectivity index (χ4v) is 2.94. The molecule has 6 heteroatoms. The highest BCUT2D eigenvalue weighted by Gasteiger charge is 2.17. The standard InChI is InChI=1S/C11H16N4OS/c1-12-10-3-2-9(14-15-10)11(16)13-6-8-4-5-17-7-8/h2-3,8H,4-7H2,1H3,(H,12,15)(H,13,16). The second-order valence-corrected chi connectivity index (χ2v) is 5.14. The number of carbonyl (C=O) groups excluding carboxylic acids is 1. The minimum Gasteiger partial charge on any atom is -0.372 e. The van der Waals surface area contributed by atoms with Crippen molar-refractivity contribution in [3.8, 4) is 0 Å². The van der Waals surface area contributed by atoms with Crippen molar-refractivity contribution in [2.75, 3.05) is 30.4 Å². The number of thioether (sulfide) groups is 1. The number of amides is 1. The van der Waals surface area contributed by atoms with Gasteiger partial charge in [0.15, 0.2) is 5.69 Å². The number of carbonyl (C=O) groups is 1. The fraction of sp³-hybridized carbons (Fsp3) is 0.545. The second kappa shape index (κ2) is 5.86. The van der Waals surface area contributed by atoms with E-state index in [9.17, 15) is 4.79 Å². The summed E-state index contributed by atoms with van der Waals surface area (Å²) in [6.07, 6.45) is 1.19. The number of hydrogen-bond donors (Lipinski definition) is 2. The van der Waals surface area contributed by atoms with Crippen LogP contribution in [0, 0.1) is 5.92 Å². The first-order valence-electron chi connectivity index (χ1n) is 5.67. The van der Waals surface area contributed by atoms with Crippen LogP contribution >= 0.6 is 11.8 Å². The van der Waals surface area contributed by atoms with E-state index < -0.39 is 0 Å². The highest BCUT2D eigenvalue weighted by molar-refractivity contribution is 7.99. The van der Waals surface area contributed by atoms with Crippen molar-refractivity contribution < 1.29 is 4.79 Å². The van der Waals surface area contributed by atoms with Gasteiger partial charge in [-0.2, -0.15) is 11.8 Å². The van der Waals surface area contributed by atoms with E-state index >= 15 is 0 Å². The van der Waals surface area contributed by atoms with Gasteiger partial charge in [-0.3, -0.25) is 4.79 Å². The minimum atomic E-state index is -0.142. The molecule has 1 saturated heterocycles. The van der Waals surface area contributed by atoms with Crippen LogP contribution in [0.2, 0.25) is 0 Å². The largest absolute Gasteiger partial charge is 0.372 e. The number of nitrogens with one attached hydrogen (secondary N) is 2. The lowest BCUT2D eigenvalue weighted by atomic mass is 10.1. The van der Waals surface area contributed by atoms with Gasteiger partial charge in [-0.05, 0) is 36.0 Å². The number of aromatic nitrogens is 2. The maximum Gasteiger partial charge on any atom is 0.271 e. The van der Waals surface area contributed by atoms with Crippen molar-refractivity contribution in [3.05, 3.63) is 17.8 Å². The third-order valence-corrected chi connectivity index (χ3v) is 3.96. The molecule has 0 bridgehead atoms. The van der Waals surface area contributed by atoms with Crippen molar-refractivity contribution in [2.45, 2.75) is 6.42 Å². The first-order valence-corrected chi connectivity index (χ1v) is 6.82. The van der Waals surface area contributed by atoms with Crippen LogP contribution in [0.1, 0.15) is 16.9 Å². The van der Waals surface area contributed by atoms with Crippen LogP contribution in [0.15, 0.2) is 12.1 Å². The van der Waals surface area contributed by atoms with E-state index in [-0.39, 0.29) is 5.91 Å². The Morgan fingerprint density at radius 3 is 3.00 bits per heavy atom. The smallest absolute Gasteiger partial charge is 0.271 e. The van der Waals surface area contributed by atoms with E-state index in [1.54, 1.807) is 19.2 Å². The number of nitrogens with zero attached hydrogens (tertiary/aromatic N) is 2. The maximum absolute atomic E-state index is 11.8. The zero-order valence-electron chi connectivity index (χ0n) is 9.77. The highest BCUT2D eigenvalue weighted by Crippen LogP contribution is 2.22. The van der Waals surface area contributed by atoms with Gasteiger partial charge in [-0.15, -0.1) is 10.2 Å². The molecule has 5 nitrogen and oxygen atoms in total. The normalized spacial score (nSPS) is 19.0. The van der Waals surface area contributed by atoms with Gasteiger partial charge in [-0.1, -0.05) is 0 Å². The molecule has 2 N–H and O–H groups in total. The molecule has 1 unspecified atom stereocenters. The molecule has 2 heterocycles. The van der Waals surface area contributed by atoms with Crippen molar-refractivity contribution in [1.29, 1.82) is 0 Å². The van der Waals surface area contributed by atoms with E-state index in [0.717, 1.165) is 12.3 Å². The van der Waals surface area contributed by atoms with Crippen LogP contribution in [0.25, 0.3) is 0 Å². The molecule has 1 fully saturated rings. The first-order chi connectivity index (χ1) is 8.29. The maximum atomic E-state index is 11.8. The zero-order chi connectivity index (χ0) is 12.1. The molecule has 1 aliphatic heterocycles. The van der Waals surface area contributed by atoms with Crippen LogP contribution in [-0.2, 0) is 0 Å². The van der Waals surface area contributed by atoms with Gasteiger partial charge in [0.2, 0.25) is 0 Å². The lowest BCUT2D eigenvalue weighted by Crippen LogP contribution is -2.30. The molecule has 1 amide bonds. The molecule has 1 aliphatic rings. The van der Waals surface area contributed by atoms with E-state index in [4.69, 9.17) is 0 Å². The van der Waals surface area contributed by atoms with Crippen LogP contribution in [0.3, 0.4) is 0 Å². The summed E-state index contributed by atoms with van der Waals surface area (Å²) in [5, 5.41) is 13.5. The SMILES string of the molecule is CNc1ccc(C(=O)NCC2CCSC2)nn1. The summed E-state index contributed by atoms with van der Waals surface area (Å²) in [7, 11) is 1.77. The Balaban J connectivity index is 1.85. The first kappa shape index (κ1) is 12.2. The summed E-state index contributed by atoms with van der Waals surface area (Å²) in [4.78, 5) is 11.8. The van der Waals surface area contributed by atoms with Crippen molar-refractivity contribution in [1.82, 2.24) is 15.5 Å². The van der Waals surface area contributed by atoms with Gasteiger partial charge >= 0.3 is 0 Å². The summed E-state index contributed by atoms with van der Waals surface area (Å²) in [5.41, 5.74) is 0.370. The molecule has 92 valence electrons. The van der Waals surface area contributed by atoms with Gasteiger partial charge in [-0.25, -0.2) is 0 Å². The fourth-order valence-electron chi connectivity index (χ4n) is 1.66. The molecule has 17 heavy (non-hydrogen) atoms. The summed E-state index contributed by atoms with van der Waals surface area (Å²) >= 11 is 1.95. The second-order valence-electron chi connectivity index (χ2n) is 3.99. The average molecular weight is 252 g/mol. The van der Waals surface area contributed by atoms with E-state index in [1.807, 2.05) is 11.8 Å². The summed E-state index contributed by atoms with van der Waals surface area (Å²) in [6.45, 7) is 0.737. The quantitative estimate of drug-likeness (QED) is 0.837. The Morgan fingerprint density at radius 1 is 1.53 bits per heavy atom. The Labute approximate surface area is 105 Å². The average Bonchev–Trinajstić information content (AvgIpc) is 2.89. The molecule has 0 radical (unpaired) electrons. The van der Waals surface area contributed by atoms with Crippen molar-refractivity contribution >= 4 is 23.5 Å². The molecule has 0 aliphatic carbocycles. The van der Waals surface area contributed by atoms with Gasteiger partial charge in [0.25, 0.3) is 5.91 Å². The van der Waals surface area contributed by atoms with Crippen LogP contribution in [-0.4, -0.2) is 41.2 Å². The van der Waals surface area contributed by atoms with Crippen LogP contribution < -0.4 is 10.6 Å². The van der Waals surface area contributed by atoms with Crippen molar-refractivity contribution in [3.63, 3.8) is 0 Å². The van der Waals surface area contributed by atoms with Gasteiger partial charge in [0.1, 0.15) is 5.82 Å². The van der Waals surface area contributed by atoms with Gasteiger partial charge in [0, 0.05) is 13.6 Å². The molecular weight excluding hydrogens is 236 g/mol. The molecule has 2 rings (SSSR count). The lowest BCUT2D eigenvalue weighted by Gasteiger charge is -2.09. The number of anilines is 1. The highest BCUT2D eigenvalue weighted by atomic mass is 32.2. The van der Waals surface area contributed by atoms with Crippen LogP contribution in [0.5, 0.6) is 0 Å². The molecule has 1 aromatic heterocycles. The van der Waals surface area contributed by atoms with Crippen molar-refractivity contribution in [2.24, 2.45) is 5.92 Å². The zero-order valence-corrected chi connectivity index (χ0v) is 10.6. The number of hydrogen-bond acceptors (Lipinski definition) is 5. The summed E-state index contributed by atoms with van der Waals surface area (Å²) in [6, 6.07) is 3.42. The third kappa shape index (κ3) is 3.33. The Bertz CT molecular complexity index is 376. The van der Waals surface area contributed by atoms with E-state index in [1.165, 1.54) is 12.2 Å². The lowest BCUT2D eigenvalue weighted by molar-refractivity contribution is 0.0942. The predicted molar refractivity (Wildman–Crippen MR) is 69.3 cm³/mol. The third-order valence-electron chi connectivity index (χ3n) is 2.73. The molecule has 0 aromatic carbocycles. The van der Waals surface area contributed by atoms with Gasteiger partial charge in [0.05, 0.1) is 0 Å². The Morgan fingerprint density at radius 2 is 2.41 bits per heavy atom. The Hall–Kier alpha value is -1.30. The molecule has 0 saturated carbocycles. The van der Waals surface area contributed by atoms with Gasteiger partial charge < -0.3 is 10.6 Å². The Kier molecular flexibility index (Phi) is 4.19. The summed E-state index contributed by atoms with van der Waals surface area (Å²) < 4.78 is 0. The number of rotatable bonds is 4. The van der Waals surface area contributed by atoms with Crippen LogP contribution in [0.4, 0.5) is 5.82 Å². The topological polar surface area (TPSA) is 66.9 Å². The molecule has 1 aromatic rings. The predicted octanol–water partition coefficient (Wildman–Crippen LogP) is 1.00.